The van der Waals surface area contributed by atoms with E-state index < -0.39 is 5.91 Å². The number of thiocarbonyl (C=S) groups is 1. The summed E-state index contributed by atoms with van der Waals surface area (Å²) in [4.78, 5) is 11.4. The quantitative estimate of drug-likeness (QED) is 0.654. The Bertz CT molecular complexity index is 763. The van der Waals surface area contributed by atoms with Gasteiger partial charge in [-0.1, -0.05) is 24.4 Å². The van der Waals surface area contributed by atoms with E-state index in [4.69, 9.17) is 32.2 Å². The van der Waals surface area contributed by atoms with E-state index in [1.54, 1.807) is 19.2 Å². The van der Waals surface area contributed by atoms with E-state index in [0.29, 0.717) is 23.0 Å². The zero-order valence-corrected chi connectivity index (χ0v) is 15.6. The van der Waals surface area contributed by atoms with E-state index in [1.165, 1.54) is 12.7 Å². The predicted octanol–water partition coefficient (Wildman–Crippen LogP) is 2.08. The minimum absolute atomic E-state index is 0.208. The van der Waals surface area contributed by atoms with Crippen LogP contribution >= 0.6 is 12.2 Å². The molecule has 0 spiro atoms. The number of hydrogen-bond donors (Lipinski definition) is 2. The lowest BCUT2D eigenvalue weighted by Gasteiger charge is -2.13. The van der Waals surface area contributed by atoms with Gasteiger partial charge in [-0.15, -0.1) is 0 Å². The minimum Gasteiger partial charge on any atom is -0.497 e. The number of amides is 1. The van der Waals surface area contributed by atoms with Crippen LogP contribution in [0.15, 0.2) is 42.5 Å². The summed E-state index contributed by atoms with van der Waals surface area (Å²) >= 11 is 5.43. The summed E-state index contributed by atoms with van der Waals surface area (Å²) in [7, 11) is 3.17. The van der Waals surface area contributed by atoms with Crippen molar-refractivity contribution in [1.82, 2.24) is 5.32 Å². The van der Waals surface area contributed by atoms with Crippen LogP contribution in [0.25, 0.3) is 0 Å². The van der Waals surface area contributed by atoms with Crippen molar-refractivity contribution in [1.29, 1.82) is 0 Å². The van der Waals surface area contributed by atoms with Gasteiger partial charge in [0.2, 0.25) is 0 Å². The van der Waals surface area contributed by atoms with Crippen LogP contribution in [0.4, 0.5) is 0 Å². The average Bonchev–Trinajstić information content (AvgIpc) is 2.66. The largest absolute Gasteiger partial charge is 0.497 e. The van der Waals surface area contributed by atoms with Gasteiger partial charge in [-0.3, -0.25) is 4.79 Å². The molecule has 1 amide bonds. The molecule has 0 aliphatic carbocycles. The second-order valence-electron chi connectivity index (χ2n) is 5.47. The molecule has 0 bridgehead atoms. The molecule has 7 heteroatoms. The number of benzene rings is 2. The van der Waals surface area contributed by atoms with Crippen LogP contribution in [0.5, 0.6) is 17.2 Å². The number of nitrogens with two attached hydrogens (primary N) is 1. The molecule has 26 heavy (non-hydrogen) atoms. The Labute approximate surface area is 158 Å². The summed E-state index contributed by atoms with van der Waals surface area (Å²) in [5.74, 6) is 1.22. The van der Waals surface area contributed by atoms with Crippen LogP contribution < -0.4 is 25.3 Å². The van der Waals surface area contributed by atoms with Crippen molar-refractivity contribution in [2.24, 2.45) is 5.73 Å². The second kappa shape index (κ2) is 9.62. The van der Waals surface area contributed by atoms with E-state index in [9.17, 15) is 4.79 Å². The van der Waals surface area contributed by atoms with Gasteiger partial charge in [0.15, 0.2) is 18.1 Å². The fourth-order valence-electron chi connectivity index (χ4n) is 2.29. The maximum atomic E-state index is 10.8. The highest BCUT2D eigenvalue weighted by atomic mass is 32.1. The monoisotopic (exact) mass is 374 g/mol. The molecule has 0 atom stereocenters. The fourth-order valence-corrected chi connectivity index (χ4v) is 2.52. The van der Waals surface area contributed by atoms with E-state index >= 15 is 0 Å². The summed E-state index contributed by atoms with van der Waals surface area (Å²) in [5.41, 5.74) is 7.08. The van der Waals surface area contributed by atoms with Gasteiger partial charge in [0, 0.05) is 12.1 Å². The maximum absolute atomic E-state index is 10.8. The van der Waals surface area contributed by atoms with Gasteiger partial charge in [0.1, 0.15) is 10.7 Å². The van der Waals surface area contributed by atoms with Gasteiger partial charge >= 0.3 is 0 Å². The molecule has 3 N–H and O–H groups in total. The number of ether oxygens (including phenoxy) is 3. The molecule has 2 aromatic rings. The van der Waals surface area contributed by atoms with Crippen LogP contribution in [-0.2, 0) is 11.2 Å². The molecule has 0 saturated heterocycles. The molecule has 0 aliphatic heterocycles. The Morgan fingerprint density at radius 3 is 2.42 bits per heavy atom. The SMILES string of the molecule is COc1ccc(CCNC(=S)c2ccc(OCC(N)=O)c(OC)c2)cc1. The van der Waals surface area contributed by atoms with Crippen LogP contribution in [-0.4, -0.2) is 38.3 Å². The van der Waals surface area contributed by atoms with Gasteiger partial charge in [-0.2, -0.15) is 0 Å². The first-order chi connectivity index (χ1) is 12.5. The van der Waals surface area contributed by atoms with Crippen LogP contribution in [0, 0.1) is 0 Å². The third kappa shape index (κ3) is 5.63. The second-order valence-corrected chi connectivity index (χ2v) is 5.88. The zero-order chi connectivity index (χ0) is 18.9. The van der Waals surface area contributed by atoms with Crippen molar-refractivity contribution < 1.29 is 19.0 Å². The molecule has 0 aliphatic rings. The number of rotatable bonds is 9. The van der Waals surface area contributed by atoms with E-state index in [-0.39, 0.29) is 6.61 Å². The van der Waals surface area contributed by atoms with E-state index in [0.717, 1.165) is 17.7 Å². The molecular weight excluding hydrogens is 352 g/mol. The van der Waals surface area contributed by atoms with Crippen molar-refractivity contribution in [3.63, 3.8) is 0 Å². The summed E-state index contributed by atoms with van der Waals surface area (Å²) in [6.45, 7) is 0.494. The summed E-state index contributed by atoms with van der Waals surface area (Å²) < 4.78 is 15.7. The van der Waals surface area contributed by atoms with Gasteiger partial charge in [0.25, 0.3) is 5.91 Å². The highest BCUT2D eigenvalue weighted by molar-refractivity contribution is 7.80. The lowest BCUT2D eigenvalue weighted by Crippen LogP contribution is -2.25. The standard InChI is InChI=1S/C19H22N2O4S/c1-23-15-6-3-13(4-7-15)9-10-21-19(26)14-5-8-16(17(11-14)24-2)25-12-18(20)22/h3-8,11H,9-10,12H2,1-2H3,(H2,20,22)(H,21,26). The number of methoxy groups -OCH3 is 2. The molecule has 2 aromatic carbocycles. The number of carbonyl (C=O) groups excluding carboxylic acids is 1. The topological polar surface area (TPSA) is 82.8 Å². The summed E-state index contributed by atoms with van der Waals surface area (Å²) in [6, 6.07) is 13.2. The molecule has 0 unspecified atom stereocenters. The lowest BCUT2D eigenvalue weighted by molar-refractivity contribution is -0.119. The number of primary amides is 1. The molecule has 6 nitrogen and oxygen atoms in total. The van der Waals surface area contributed by atoms with Gasteiger partial charge in [-0.05, 0) is 42.3 Å². The van der Waals surface area contributed by atoms with Crippen LogP contribution in [0.1, 0.15) is 11.1 Å². The molecule has 2 rings (SSSR count). The molecule has 0 saturated carbocycles. The average molecular weight is 374 g/mol. The molecule has 0 fully saturated rings. The lowest BCUT2D eigenvalue weighted by atomic mass is 10.1. The highest BCUT2D eigenvalue weighted by Crippen LogP contribution is 2.28. The first kappa shape index (κ1) is 19.5. The Morgan fingerprint density at radius 1 is 1.08 bits per heavy atom. The Balaban J connectivity index is 1.92. The summed E-state index contributed by atoms with van der Waals surface area (Å²) in [6.07, 6.45) is 0.834. The third-order valence-electron chi connectivity index (χ3n) is 3.65. The van der Waals surface area contributed by atoms with Gasteiger partial charge in [-0.25, -0.2) is 0 Å². The molecular formula is C19H22N2O4S. The zero-order valence-electron chi connectivity index (χ0n) is 14.8. The van der Waals surface area contributed by atoms with Crippen molar-refractivity contribution in [3.05, 3.63) is 53.6 Å². The van der Waals surface area contributed by atoms with E-state index in [2.05, 4.69) is 5.32 Å². The first-order valence-corrected chi connectivity index (χ1v) is 8.44. The number of nitrogens with one attached hydrogen (secondary N) is 1. The maximum Gasteiger partial charge on any atom is 0.255 e. The number of hydrogen-bond acceptors (Lipinski definition) is 5. The Hall–Kier alpha value is -2.80. The van der Waals surface area contributed by atoms with Crippen molar-refractivity contribution >= 4 is 23.1 Å². The minimum atomic E-state index is -0.549. The Morgan fingerprint density at radius 2 is 1.81 bits per heavy atom. The first-order valence-electron chi connectivity index (χ1n) is 8.03. The summed E-state index contributed by atoms with van der Waals surface area (Å²) in [5, 5.41) is 3.23. The van der Waals surface area contributed by atoms with Crippen LogP contribution in [0.3, 0.4) is 0 Å². The Kier molecular flexibility index (Phi) is 7.23. The van der Waals surface area contributed by atoms with Gasteiger partial charge < -0.3 is 25.3 Å². The third-order valence-corrected chi connectivity index (χ3v) is 4.03. The van der Waals surface area contributed by atoms with Gasteiger partial charge in [0.05, 0.1) is 14.2 Å². The normalized spacial score (nSPS) is 10.1. The predicted molar refractivity (Wildman–Crippen MR) is 104 cm³/mol. The molecule has 0 heterocycles. The smallest absolute Gasteiger partial charge is 0.255 e. The molecule has 0 radical (unpaired) electrons. The van der Waals surface area contributed by atoms with Crippen LogP contribution in [0.2, 0.25) is 0 Å². The van der Waals surface area contributed by atoms with E-state index in [1.807, 2.05) is 30.3 Å². The molecule has 0 aromatic heterocycles. The number of carbonyl (C=O) groups is 1. The van der Waals surface area contributed by atoms with Crippen molar-refractivity contribution in [2.75, 3.05) is 27.4 Å². The highest BCUT2D eigenvalue weighted by Gasteiger charge is 2.09. The molecule has 138 valence electrons. The fraction of sp³-hybridized carbons (Fsp3) is 0.263. The van der Waals surface area contributed by atoms with Crippen molar-refractivity contribution in [3.8, 4) is 17.2 Å². The van der Waals surface area contributed by atoms with Crippen molar-refractivity contribution in [2.45, 2.75) is 6.42 Å².